The van der Waals surface area contributed by atoms with Crippen LogP contribution in [-0.4, -0.2) is 157 Å². The van der Waals surface area contributed by atoms with Gasteiger partial charge in [0.25, 0.3) is 0 Å². The van der Waals surface area contributed by atoms with Crippen LogP contribution in [0.15, 0.2) is 30.3 Å². The second kappa shape index (κ2) is 21.4. The van der Waals surface area contributed by atoms with E-state index in [1.54, 1.807) is 65.1 Å². The van der Waals surface area contributed by atoms with Crippen molar-refractivity contribution in [2.45, 2.75) is 166 Å². The molecule has 2 aliphatic heterocycles. The normalized spacial score (nSPS) is 37.2. The summed E-state index contributed by atoms with van der Waals surface area (Å²) in [5.74, 6) is -5.11. The van der Waals surface area contributed by atoms with Crippen molar-refractivity contribution in [2.24, 2.45) is 17.8 Å². The van der Waals surface area contributed by atoms with Crippen LogP contribution in [0.25, 0.3) is 0 Å². The minimum Gasteiger partial charge on any atom is -0.480 e. The van der Waals surface area contributed by atoms with E-state index < -0.39 is 108 Å². The second-order valence-corrected chi connectivity index (χ2v) is 17.3. The van der Waals surface area contributed by atoms with Gasteiger partial charge in [0, 0.05) is 32.0 Å². The predicted molar refractivity (Wildman–Crippen MR) is 214 cm³/mol. The van der Waals surface area contributed by atoms with Crippen LogP contribution in [0.2, 0.25) is 0 Å². The minimum absolute atomic E-state index is 0.0759. The van der Waals surface area contributed by atoms with E-state index in [2.05, 4.69) is 5.32 Å². The number of carboxylic acid groups (broad SMARTS) is 1. The summed E-state index contributed by atoms with van der Waals surface area (Å²) in [4.78, 5) is 54.5. The molecule has 2 aliphatic rings. The number of esters is 1. The van der Waals surface area contributed by atoms with Crippen molar-refractivity contribution in [1.82, 2.24) is 15.1 Å². The molecule has 0 aromatic heterocycles. The van der Waals surface area contributed by atoms with E-state index in [1.807, 2.05) is 11.8 Å². The Hall–Kier alpha value is -3.42. The van der Waals surface area contributed by atoms with Crippen molar-refractivity contribution in [2.75, 3.05) is 20.6 Å². The number of aliphatic carboxylic acids is 1. The molecule has 17 nitrogen and oxygen atoms in total. The Morgan fingerprint density at radius 2 is 1.66 bits per heavy atom. The first kappa shape index (κ1) is 49.9. The lowest BCUT2D eigenvalue weighted by molar-refractivity contribution is -0.299. The molecule has 3 rings (SSSR count). The molecule has 2 amide bonds. The first-order valence-electron chi connectivity index (χ1n) is 20.6. The number of benzene rings is 1. The third kappa shape index (κ3) is 13.0. The fourth-order valence-corrected chi connectivity index (χ4v) is 8.40. The molecule has 59 heavy (non-hydrogen) atoms. The molecule has 2 heterocycles. The Morgan fingerprint density at radius 1 is 1.03 bits per heavy atom. The summed E-state index contributed by atoms with van der Waals surface area (Å²) in [5, 5.41) is 70.4. The highest BCUT2D eigenvalue weighted by Crippen LogP contribution is 2.37. The molecule has 2 saturated heterocycles. The van der Waals surface area contributed by atoms with Gasteiger partial charge in [-0.05, 0) is 78.8 Å². The predicted octanol–water partition coefficient (Wildman–Crippen LogP) is 2.03. The number of aliphatic hydroxyl groups excluding tert-OH is 3. The lowest BCUT2D eigenvalue weighted by atomic mass is 9.78. The summed E-state index contributed by atoms with van der Waals surface area (Å²) in [5.41, 5.74) is -2.83. The Bertz CT molecular complexity index is 1530. The number of carbonyl (C=O) groups excluding carboxylic acids is 3. The number of amides is 2. The first-order chi connectivity index (χ1) is 27.4. The van der Waals surface area contributed by atoms with Crippen LogP contribution in [0.3, 0.4) is 0 Å². The molecule has 15 atom stereocenters. The maximum absolute atomic E-state index is 13.5. The molecular weight excluding hydrogens is 770 g/mol. The number of likely N-dealkylation sites (N-methyl/N-ethyl adjacent to an activating group) is 2. The highest BCUT2D eigenvalue weighted by Gasteiger charge is 2.50. The number of ether oxygens (including phenoxy) is 4. The fraction of sp³-hybridized carbons (Fsp3) is 0.762. The molecule has 0 spiro atoms. The molecule has 2 fully saturated rings. The number of nitrogens with one attached hydrogen (secondary N) is 1. The molecule has 17 heteroatoms. The number of carbonyl (C=O) groups is 4. The van der Waals surface area contributed by atoms with Gasteiger partial charge in [0.05, 0.1) is 35.9 Å². The van der Waals surface area contributed by atoms with E-state index in [4.69, 9.17) is 18.9 Å². The van der Waals surface area contributed by atoms with Crippen molar-refractivity contribution in [3.05, 3.63) is 35.9 Å². The van der Waals surface area contributed by atoms with Crippen LogP contribution < -0.4 is 5.32 Å². The first-order valence-corrected chi connectivity index (χ1v) is 20.6. The Morgan fingerprint density at radius 3 is 2.25 bits per heavy atom. The molecule has 1 aromatic rings. The van der Waals surface area contributed by atoms with E-state index in [0.29, 0.717) is 12.1 Å². The molecule has 0 bridgehead atoms. The van der Waals surface area contributed by atoms with Gasteiger partial charge >= 0.3 is 18.0 Å². The fourth-order valence-electron chi connectivity index (χ4n) is 8.40. The van der Waals surface area contributed by atoms with E-state index in [9.17, 15) is 49.8 Å². The smallest absolute Gasteiger partial charge is 0.408 e. The third-order valence-corrected chi connectivity index (χ3v) is 12.1. The number of carboxylic acids is 1. The summed E-state index contributed by atoms with van der Waals surface area (Å²) < 4.78 is 23.4. The van der Waals surface area contributed by atoms with Gasteiger partial charge < -0.3 is 64.7 Å². The lowest BCUT2D eigenvalue weighted by Gasteiger charge is -2.47. The van der Waals surface area contributed by atoms with E-state index in [1.165, 1.54) is 32.7 Å². The zero-order valence-corrected chi connectivity index (χ0v) is 36.2. The van der Waals surface area contributed by atoms with E-state index in [-0.39, 0.29) is 44.6 Å². The molecule has 336 valence electrons. The average Bonchev–Trinajstić information content (AvgIpc) is 3.18. The number of hydrogen-bond donors (Lipinski definition) is 7. The van der Waals surface area contributed by atoms with Crippen LogP contribution in [0.5, 0.6) is 0 Å². The van der Waals surface area contributed by atoms with Crippen LogP contribution >= 0.6 is 0 Å². The summed E-state index contributed by atoms with van der Waals surface area (Å²) in [6, 6.07) is 5.91. The highest BCUT2D eigenvalue weighted by molar-refractivity contribution is 5.82. The standard InChI is InChI=1S/C42H69N3O14/c1-11-31-42(8,55)35(49)27(6)44(9)21-23(2)20-41(7,54)36(25(4)33(47)26(5)38(52)58-31)59-39-34(48)30(19-24(3)57-39)45(10)32(46)18-17-29(37(50)51)43-40(53)56-22-28-15-13-12-14-16-28/h12-16,23-27,29-31,33-36,39,47-49,54-55H,11,17-22H2,1-10H3,(H,43,53)(H,50,51)/t23-,24-,25+,26-,27-,29-,30+,31-,33+,34-,35-,36-,39+,41-,42-/m1/s1. The number of rotatable bonds is 11. The quantitative estimate of drug-likeness (QED) is 0.158. The summed E-state index contributed by atoms with van der Waals surface area (Å²) >= 11 is 0. The van der Waals surface area contributed by atoms with Crippen LogP contribution in [0.4, 0.5) is 4.79 Å². The molecule has 0 unspecified atom stereocenters. The van der Waals surface area contributed by atoms with Gasteiger partial charge in [-0.2, -0.15) is 0 Å². The maximum Gasteiger partial charge on any atom is 0.408 e. The van der Waals surface area contributed by atoms with Crippen molar-refractivity contribution in [3.8, 4) is 0 Å². The molecule has 0 radical (unpaired) electrons. The molecule has 0 saturated carbocycles. The number of aliphatic hydroxyl groups is 5. The molecule has 7 N–H and O–H groups in total. The minimum atomic E-state index is -1.84. The highest BCUT2D eigenvalue weighted by atomic mass is 16.7. The van der Waals surface area contributed by atoms with Gasteiger partial charge in [-0.25, -0.2) is 9.59 Å². The van der Waals surface area contributed by atoms with Gasteiger partial charge in [0.2, 0.25) is 5.91 Å². The molecule has 1 aromatic carbocycles. The van der Waals surface area contributed by atoms with Gasteiger partial charge in [-0.15, -0.1) is 0 Å². The monoisotopic (exact) mass is 839 g/mol. The van der Waals surface area contributed by atoms with Gasteiger partial charge in [-0.1, -0.05) is 51.1 Å². The van der Waals surface area contributed by atoms with E-state index >= 15 is 0 Å². The van der Waals surface area contributed by atoms with E-state index in [0.717, 1.165) is 0 Å². The Balaban J connectivity index is 1.82. The zero-order chi connectivity index (χ0) is 44.6. The van der Waals surface area contributed by atoms with Crippen LogP contribution in [0.1, 0.15) is 93.1 Å². The second-order valence-electron chi connectivity index (χ2n) is 17.3. The van der Waals surface area contributed by atoms with Gasteiger partial charge in [0.15, 0.2) is 6.29 Å². The average molecular weight is 840 g/mol. The SMILES string of the molecule is CC[C@H]1OC(=O)[C@H](C)[C@@H](O)[C@H](C)[C@@H](O[C@@H]2O[C@H](C)C[C@H](N(C)C(=O)CC[C@@H](NC(=O)OCc3ccccc3)C(=O)O)[C@H]2O)[C@](C)(O)C[C@@H](C)CN(C)[C@H](C)[C@@H](O)[C@]1(C)O. The largest absolute Gasteiger partial charge is 0.480 e. The van der Waals surface area contributed by atoms with Crippen molar-refractivity contribution >= 4 is 23.9 Å². The maximum atomic E-state index is 13.5. The summed E-state index contributed by atoms with van der Waals surface area (Å²) in [6.45, 7) is 13.3. The van der Waals surface area contributed by atoms with Crippen molar-refractivity contribution < 1.29 is 68.8 Å². The Kier molecular flexibility index (Phi) is 18.1. The number of hydrogen-bond acceptors (Lipinski definition) is 14. The Labute approximate surface area is 347 Å². The van der Waals surface area contributed by atoms with Crippen molar-refractivity contribution in [3.63, 3.8) is 0 Å². The lowest BCUT2D eigenvalue weighted by Crippen LogP contribution is -2.60. The topological polar surface area (TPSA) is 245 Å². The van der Waals surface area contributed by atoms with Crippen LogP contribution in [0, 0.1) is 17.8 Å². The number of cyclic esters (lactones) is 1. The number of alkyl carbamates (subject to hydrolysis) is 1. The zero-order valence-electron chi connectivity index (χ0n) is 36.2. The van der Waals surface area contributed by atoms with Crippen molar-refractivity contribution in [1.29, 1.82) is 0 Å². The number of nitrogens with zero attached hydrogens (tertiary/aromatic N) is 2. The van der Waals surface area contributed by atoms with Crippen LogP contribution in [-0.2, 0) is 39.9 Å². The third-order valence-electron chi connectivity index (χ3n) is 12.1. The molecular formula is C42H69N3O14. The molecule has 0 aliphatic carbocycles. The van der Waals surface area contributed by atoms with Gasteiger partial charge in [0.1, 0.15) is 36.6 Å². The summed E-state index contributed by atoms with van der Waals surface area (Å²) in [7, 11) is 3.23. The van der Waals surface area contributed by atoms with Gasteiger partial charge in [-0.3, -0.25) is 9.59 Å². The summed E-state index contributed by atoms with van der Waals surface area (Å²) in [6.07, 6.45) is -9.70.